The van der Waals surface area contributed by atoms with E-state index in [1.807, 2.05) is 0 Å². The molecule has 0 aliphatic carbocycles. The molecule has 1 unspecified atom stereocenters. The summed E-state index contributed by atoms with van der Waals surface area (Å²) < 4.78 is 0. The van der Waals surface area contributed by atoms with Crippen molar-refractivity contribution >= 4 is 29.6 Å². The van der Waals surface area contributed by atoms with Crippen molar-refractivity contribution in [1.29, 1.82) is 0 Å². The SMILES string of the molecule is Nc1nc(N)c(CCCCC(O)c2ccc(C(=O)N[C@@H](CCC(=O)O)C(=O)O)cc2)c(=O)[nH]1. The lowest BCUT2D eigenvalue weighted by atomic mass is 10.0. The van der Waals surface area contributed by atoms with E-state index < -0.39 is 36.4 Å². The number of carbonyl (C=O) groups excluding carboxylic acids is 1. The number of carbonyl (C=O) groups is 3. The van der Waals surface area contributed by atoms with Gasteiger partial charge in [-0.2, -0.15) is 4.98 Å². The maximum absolute atomic E-state index is 12.3. The lowest BCUT2D eigenvalue weighted by Crippen LogP contribution is -2.41. The molecule has 12 heteroatoms. The van der Waals surface area contributed by atoms with Gasteiger partial charge in [0.15, 0.2) is 0 Å². The summed E-state index contributed by atoms with van der Waals surface area (Å²) in [5.74, 6) is -3.11. The number of nitrogen functional groups attached to an aromatic ring is 2. The third-order valence-electron chi connectivity index (χ3n) is 5.03. The molecule has 1 heterocycles. The molecule has 2 aromatic rings. The molecule has 0 aliphatic rings. The monoisotopic (exact) mass is 461 g/mol. The third kappa shape index (κ3) is 7.61. The summed E-state index contributed by atoms with van der Waals surface area (Å²) in [5.41, 5.74) is 11.8. The second kappa shape index (κ2) is 11.6. The molecule has 0 bridgehead atoms. The summed E-state index contributed by atoms with van der Waals surface area (Å²) in [4.78, 5) is 52.2. The number of nitrogens with one attached hydrogen (secondary N) is 2. The maximum Gasteiger partial charge on any atom is 0.326 e. The van der Waals surface area contributed by atoms with E-state index in [1.165, 1.54) is 12.1 Å². The van der Waals surface area contributed by atoms with Crippen molar-refractivity contribution < 1.29 is 29.7 Å². The van der Waals surface area contributed by atoms with Gasteiger partial charge in [0.25, 0.3) is 11.5 Å². The van der Waals surface area contributed by atoms with Crippen molar-refractivity contribution in [3.8, 4) is 0 Å². The van der Waals surface area contributed by atoms with Gasteiger partial charge in [-0.1, -0.05) is 18.6 Å². The van der Waals surface area contributed by atoms with Crippen molar-refractivity contribution in [2.45, 2.75) is 50.7 Å². The van der Waals surface area contributed by atoms with Gasteiger partial charge in [0.1, 0.15) is 11.9 Å². The van der Waals surface area contributed by atoms with Crippen LogP contribution in [-0.2, 0) is 16.0 Å². The van der Waals surface area contributed by atoms with Crippen LogP contribution in [0.3, 0.4) is 0 Å². The molecule has 0 aliphatic heterocycles. The van der Waals surface area contributed by atoms with Crippen molar-refractivity contribution in [2.75, 3.05) is 11.5 Å². The molecular formula is C21H27N5O7. The number of hydrogen-bond donors (Lipinski definition) is 7. The van der Waals surface area contributed by atoms with Crippen LogP contribution in [0, 0.1) is 0 Å². The highest BCUT2D eigenvalue weighted by Gasteiger charge is 2.21. The van der Waals surface area contributed by atoms with Gasteiger partial charge in [-0.05, 0) is 43.4 Å². The highest BCUT2D eigenvalue weighted by molar-refractivity contribution is 5.96. The van der Waals surface area contributed by atoms with Gasteiger partial charge in [0.2, 0.25) is 5.95 Å². The molecule has 33 heavy (non-hydrogen) atoms. The fraction of sp³-hybridized carbons (Fsp3) is 0.381. The first-order chi connectivity index (χ1) is 15.6. The Bertz CT molecular complexity index is 1050. The number of aliphatic hydroxyl groups excluding tert-OH is 1. The lowest BCUT2D eigenvalue weighted by molar-refractivity contribution is -0.140. The Hall–Kier alpha value is -3.93. The molecule has 2 atom stereocenters. The van der Waals surface area contributed by atoms with Crippen LogP contribution in [-0.4, -0.2) is 49.2 Å². The van der Waals surface area contributed by atoms with Gasteiger partial charge in [0.05, 0.1) is 11.7 Å². The molecule has 9 N–H and O–H groups in total. The lowest BCUT2D eigenvalue weighted by Gasteiger charge is -2.15. The summed E-state index contributed by atoms with van der Waals surface area (Å²) in [7, 11) is 0. The second-order valence-electron chi connectivity index (χ2n) is 7.50. The normalized spacial score (nSPS) is 12.6. The van der Waals surface area contributed by atoms with Crippen LogP contribution in [0.2, 0.25) is 0 Å². The summed E-state index contributed by atoms with van der Waals surface area (Å²) in [5, 5.41) is 30.5. The molecule has 12 nitrogen and oxygen atoms in total. The van der Waals surface area contributed by atoms with Gasteiger partial charge in [0, 0.05) is 12.0 Å². The first-order valence-electron chi connectivity index (χ1n) is 10.3. The second-order valence-corrected chi connectivity index (χ2v) is 7.50. The van der Waals surface area contributed by atoms with Gasteiger partial charge < -0.3 is 32.1 Å². The number of carboxylic acids is 2. The Kier molecular flexibility index (Phi) is 8.92. The van der Waals surface area contributed by atoms with E-state index in [2.05, 4.69) is 15.3 Å². The number of carboxylic acid groups (broad SMARTS) is 2. The standard InChI is InChI=1S/C21H27N5O7/c22-17-13(19(31)26-21(23)25-17)3-1-2-4-15(27)11-5-7-12(8-6-11)18(30)24-14(20(32)33)9-10-16(28)29/h5-8,14-15,27H,1-4,9-10H2,(H,24,30)(H,28,29)(H,32,33)(H5,22,23,25,26,31)/t14-,15?/m0/s1. The van der Waals surface area contributed by atoms with Crippen molar-refractivity contribution in [2.24, 2.45) is 0 Å². The van der Waals surface area contributed by atoms with E-state index in [0.717, 1.165) is 0 Å². The fourth-order valence-electron chi connectivity index (χ4n) is 3.20. The number of anilines is 2. The van der Waals surface area contributed by atoms with Crippen LogP contribution >= 0.6 is 0 Å². The first-order valence-corrected chi connectivity index (χ1v) is 10.3. The highest BCUT2D eigenvalue weighted by Crippen LogP contribution is 2.21. The predicted molar refractivity (Wildman–Crippen MR) is 118 cm³/mol. The molecule has 0 fully saturated rings. The van der Waals surface area contributed by atoms with Crippen LogP contribution in [0.25, 0.3) is 0 Å². The van der Waals surface area contributed by atoms with Crippen molar-refractivity contribution in [3.05, 3.63) is 51.3 Å². The van der Waals surface area contributed by atoms with Gasteiger partial charge in [-0.3, -0.25) is 19.4 Å². The van der Waals surface area contributed by atoms with Crippen molar-refractivity contribution in [1.82, 2.24) is 15.3 Å². The number of aliphatic hydroxyl groups is 1. The Morgan fingerprint density at radius 3 is 2.30 bits per heavy atom. The van der Waals surface area contributed by atoms with Crippen LogP contribution in [0.1, 0.15) is 59.7 Å². The zero-order valence-electron chi connectivity index (χ0n) is 17.8. The molecule has 2 rings (SSSR count). The van der Waals surface area contributed by atoms with Crippen LogP contribution in [0.15, 0.2) is 29.1 Å². The van der Waals surface area contributed by atoms with Gasteiger partial charge in [-0.25, -0.2) is 4.79 Å². The number of aliphatic carboxylic acids is 2. The fourth-order valence-corrected chi connectivity index (χ4v) is 3.20. The van der Waals surface area contributed by atoms with E-state index in [4.69, 9.17) is 21.7 Å². The molecule has 0 saturated carbocycles. The molecule has 178 valence electrons. The first kappa shape index (κ1) is 25.3. The maximum atomic E-state index is 12.3. The zero-order valence-corrected chi connectivity index (χ0v) is 17.8. The van der Waals surface area contributed by atoms with Crippen molar-refractivity contribution in [3.63, 3.8) is 0 Å². The van der Waals surface area contributed by atoms with Gasteiger partial charge >= 0.3 is 11.9 Å². The topological polar surface area (TPSA) is 222 Å². The smallest absolute Gasteiger partial charge is 0.326 e. The number of rotatable bonds is 12. The summed E-state index contributed by atoms with van der Waals surface area (Å²) >= 11 is 0. The van der Waals surface area contributed by atoms with Gasteiger partial charge in [-0.15, -0.1) is 0 Å². The molecule has 0 spiro atoms. The van der Waals surface area contributed by atoms with Crippen LogP contribution in [0.4, 0.5) is 11.8 Å². The number of benzene rings is 1. The average molecular weight is 461 g/mol. The van der Waals surface area contributed by atoms with Crippen LogP contribution < -0.4 is 22.3 Å². The number of aromatic amines is 1. The molecule has 0 radical (unpaired) electrons. The Morgan fingerprint density at radius 2 is 1.73 bits per heavy atom. The quantitative estimate of drug-likeness (QED) is 0.216. The zero-order chi connectivity index (χ0) is 24.5. The van der Waals surface area contributed by atoms with E-state index in [9.17, 15) is 24.3 Å². The van der Waals surface area contributed by atoms with E-state index >= 15 is 0 Å². The minimum atomic E-state index is -1.32. The number of nitrogens with two attached hydrogens (primary N) is 2. The Labute approximate surface area is 188 Å². The number of unbranched alkanes of at least 4 members (excludes halogenated alkanes) is 1. The molecule has 1 aromatic carbocycles. The number of nitrogens with zero attached hydrogens (tertiary/aromatic N) is 1. The minimum Gasteiger partial charge on any atom is -0.481 e. The number of hydrogen-bond acceptors (Lipinski definition) is 8. The number of aromatic nitrogens is 2. The molecular weight excluding hydrogens is 434 g/mol. The third-order valence-corrected chi connectivity index (χ3v) is 5.03. The molecule has 1 amide bonds. The summed E-state index contributed by atoms with van der Waals surface area (Å²) in [6.07, 6.45) is 0.536. The van der Waals surface area contributed by atoms with Crippen LogP contribution in [0.5, 0.6) is 0 Å². The number of H-pyrrole nitrogens is 1. The van der Waals surface area contributed by atoms with E-state index in [1.54, 1.807) is 12.1 Å². The highest BCUT2D eigenvalue weighted by atomic mass is 16.4. The largest absolute Gasteiger partial charge is 0.481 e. The summed E-state index contributed by atoms with van der Waals surface area (Å²) in [6, 6.07) is 4.68. The average Bonchev–Trinajstić information content (AvgIpc) is 2.74. The van der Waals surface area contributed by atoms with E-state index in [-0.39, 0.29) is 29.3 Å². The molecule has 1 aromatic heterocycles. The molecule has 0 saturated heterocycles. The number of amides is 1. The Morgan fingerprint density at radius 1 is 1.06 bits per heavy atom. The predicted octanol–water partition coefficient (Wildman–Crippen LogP) is 0.428. The van der Waals surface area contributed by atoms with E-state index in [0.29, 0.717) is 36.8 Å². The summed E-state index contributed by atoms with van der Waals surface area (Å²) in [6.45, 7) is 0. The Balaban J connectivity index is 1.87. The minimum absolute atomic E-state index is 0.0486.